The SMILES string of the molecule is Cc1ccc(OCCOS(=O)(=O)[O-])cc1.[Na+]. The van der Waals surface area contributed by atoms with Crippen molar-refractivity contribution < 1.29 is 51.4 Å². The molecule has 0 N–H and O–H groups in total. The second-order valence-corrected chi connectivity index (χ2v) is 3.94. The largest absolute Gasteiger partial charge is 1.00 e. The molecule has 0 aliphatic heterocycles. The van der Waals surface area contributed by atoms with E-state index in [-0.39, 0.29) is 42.8 Å². The molecule has 0 radical (unpaired) electrons. The van der Waals surface area contributed by atoms with Crippen molar-refractivity contribution in [3.05, 3.63) is 29.8 Å². The molecule has 0 spiro atoms. The van der Waals surface area contributed by atoms with E-state index in [2.05, 4.69) is 4.18 Å². The summed E-state index contributed by atoms with van der Waals surface area (Å²) < 4.78 is 39.3. The molecular weight excluding hydrogens is 243 g/mol. The third-order valence-electron chi connectivity index (χ3n) is 1.60. The Labute approximate surface area is 117 Å². The molecule has 0 saturated heterocycles. The van der Waals surface area contributed by atoms with Crippen molar-refractivity contribution in [2.45, 2.75) is 6.92 Å². The molecule has 0 unspecified atom stereocenters. The maximum absolute atomic E-state index is 10.1. The second kappa shape index (κ2) is 7.26. The molecule has 1 aromatic carbocycles. The molecule has 0 aliphatic carbocycles. The number of hydrogen-bond acceptors (Lipinski definition) is 5. The van der Waals surface area contributed by atoms with Crippen LogP contribution in [0.5, 0.6) is 5.75 Å². The zero-order valence-electron chi connectivity index (χ0n) is 9.17. The molecule has 0 atom stereocenters. The van der Waals surface area contributed by atoms with Gasteiger partial charge in [-0.25, -0.2) is 8.42 Å². The van der Waals surface area contributed by atoms with Crippen molar-refractivity contribution in [3.8, 4) is 5.75 Å². The van der Waals surface area contributed by atoms with Gasteiger partial charge in [0.1, 0.15) is 12.4 Å². The Morgan fingerprint density at radius 1 is 1.19 bits per heavy atom. The third-order valence-corrected chi connectivity index (χ3v) is 2.06. The van der Waals surface area contributed by atoms with Crippen LogP contribution in [0.4, 0.5) is 0 Å². The first-order valence-corrected chi connectivity index (χ1v) is 5.60. The van der Waals surface area contributed by atoms with Gasteiger partial charge in [0.15, 0.2) is 0 Å². The fourth-order valence-electron chi connectivity index (χ4n) is 0.930. The van der Waals surface area contributed by atoms with Crippen LogP contribution in [-0.4, -0.2) is 26.2 Å². The van der Waals surface area contributed by atoms with Gasteiger partial charge in [-0.3, -0.25) is 4.18 Å². The Morgan fingerprint density at radius 3 is 2.25 bits per heavy atom. The first kappa shape index (κ1) is 15.9. The van der Waals surface area contributed by atoms with Crippen LogP contribution < -0.4 is 34.3 Å². The van der Waals surface area contributed by atoms with Gasteiger partial charge in [0.2, 0.25) is 10.4 Å². The standard InChI is InChI=1S/C9H12O5S.Na/c1-8-2-4-9(5-3-8)13-6-7-14-15(10,11)12;/h2-5H,6-7H2,1H3,(H,10,11,12);/q;+1/p-1. The summed E-state index contributed by atoms with van der Waals surface area (Å²) in [6.07, 6.45) is 0. The predicted octanol–water partition coefficient (Wildman–Crippen LogP) is -2.15. The van der Waals surface area contributed by atoms with Crippen LogP contribution in [0.25, 0.3) is 0 Å². The summed E-state index contributed by atoms with van der Waals surface area (Å²) in [5.41, 5.74) is 1.10. The topological polar surface area (TPSA) is 75.7 Å². The van der Waals surface area contributed by atoms with E-state index in [0.29, 0.717) is 5.75 Å². The zero-order valence-corrected chi connectivity index (χ0v) is 12.0. The van der Waals surface area contributed by atoms with Gasteiger partial charge < -0.3 is 9.29 Å². The minimum absolute atomic E-state index is 0. The smallest absolute Gasteiger partial charge is 0.726 e. The Balaban J connectivity index is 0.00000225. The van der Waals surface area contributed by atoms with E-state index in [0.717, 1.165) is 5.56 Å². The summed E-state index contributed by atoms with van der Waals surface area (Å²) >= 11 is 0. The van der Waals surface area contributed by atoms with E-state index >= 15 is 0 Å². The quantitative estimate of drug-likeness (QED) is 0.259. The van der Waals surface area contributed by atoms with Gasteiger partial charge in [0.25, 0.3) is 0 Å². The Kier molecular flexibility index (Phi) is 7.21. The van der Waals surface area contributed by atoms with Crippen molar-refractivity contribution >= 4 is 10.4 Å². The van der Waals surface area contributed by atoms with Gasteiger partial charge in [-0.05, 0) is 19.1 Å². The van der Waals surface area contributed by atoms with Crippen LogP contribution in [0.1, 0.15) is 5.56 Å². The minimum Gasteiger partial charge on any atom is -0.726 e. The van der Waals surface area contributed by atoms with Crippen LogP contribution in [0.3, 0.4) is 0 Å². The number of aryl methyl sites for hydroxylation is 1. The first-order chi connectivity index (χ1) is 6.97. The monoisotopic (exact) mass is 254 g/mol. The van der Waals surface area contributed by atoms with Crippen LogP contribution in [0.2, 0.25) is 0 Å². The molecule has 0 bridgehead atoms. The number of ether oxygens (including phenoxy) is 1. The van der Waals surface area contributed by atoms with E-state index < -0.39 is 10.4 Å². The third kappa shape index (κ3) is 7.21. The summed E-state index contributed by atoms with van der Waals surface area (Å²) in [6.45, 7) is 1.68. The summed E-state index contributed by atoms with van der Waals surface area (Å²) in [7, 11) is -4.62. The van der Waals surface area contributed by atoms with E-state index in [1.54, 1.807) is 12.1 Å². The molecule has 1 aromatic rings. The molecule has 0 aromatic heterocycles. The summed E-state index contributed by atoms with van der Waals surface area (Å²) in [5.74, 6) is 0.604. The van der Waals surface area contributed by atoms with Crippen LogP contribution in [0, 0.1) is 6.92 Å². The van der Waals surface area contributed by atoms with E-state index in [4.69, 9.17) is 4.74 Å². The second-order valence-electron chi connectivity index (χ2n) is 2.89. The van der Waals surface area contributed by atoms with Gasteiger partial charge in [-0.1, -0.05) is 17.7 Å². The average molecular weight is 254 g/mol. The van der Waals surface area contributed by atoms with Crippen LogP contribution in [-0.2, 0) is 14.6 Å². The molecule has 0 saturated carbocycles. The van der Waals surface area contributed by atoms with E-state index in [9.17, 15) is 13.0 Å². The number of benzene rings is 1. The number of hydrogen-bond donors (Lipinski definition) is 0. The van der Waals surface area contributed by atoms with Gasteiger partial charge in [-0.15, -0.1) is 0 Å². The molecule has 84 valence electrons. The van der Waals surface area contributed by atoms with Crippen molar-refractivity contribution in [2.24, 2.45) is 0 Å². The van der Waals surface area contributed by atoms with Crippen molar-refractivity contribution in [1.29, 1.82) is 0 Å². The van der Waals surface area contributed by atoms with Crippen molar-refractivity contribution in [3.63, 3.8) is 0 Å². The summed E-state index contributed by atoms with van der Waals surface area (Å²) in [4.78, 5) is 0. The first-order valence-electron chi connectivity index (χ1n) is 4.27. The number of rotatable bonds is 5. The normalized spacial score (nSPS) is 10.6. The van der Waals surface area contributed by atoms with Crippen LogP contribution >= 0.6 is 0 Å². The molecule has 0 amide bonds. The Hall–Kier alpha value is -0.110. The fourth-order valence-corrected chi connectivity index (χ4v) is 1.20. The van der Waals surface area contributed by atoms with Gasteiger partial charge in [0.05, 0.1) is 6.61 Å². The average Bonchev–Trinajstić information content (AvgIpc) is 2.14. The predicted molar refractivity (Wildman–Crippen MR) is 52.3 cm³/mol. The van der Waals surface area contributed by atoms with Crippen molar-refractivity contribution in [2.75, 3.05) is 13.2 Å². The molecule has 1 rings (SSSR count). The summed E-state index contributed by atoms with van der Waals surface area (Å²) in [6, 6.07) is 7.23. The Morgan fingerprint density at radius 2 is 1.75 bits per heavy atom. The van der Waals surface area contributed by atoms with Gasteiger partial charge in [0, 0.05) is 0 Å². The maximum Gasteiger partial charge on any atom is 1.00 e. The zero-order chi connectivity index (χ0) is 11.3. The molecule has 7 heteroatoms. The van der Waals surface area contributed by atoms with E-state index in [1.807, 2.05) is 19.1 Å². The van der Waals surface area contributed by atoms with E-state index in [1.165, 1.54) is 0 Å². The maximum atomic E-state index is 10.1. The van der Waals surface area contributed by atoms with Gasteiger partial charge >= 0.3 is 29.6 Å². The molecule has 0 heterocycles. The van der Waals surface area contributed by atoms with Crippen molar-refractivity contribution in [1.82, 2.24) is 0 Å². The minimum atomic E-state index is -4.62. The molecule has 16 heavy (non-hydrogen) atoms. The molecule has 0 fully saturated rings. The Bertz CT molecular complexity index is 400. The summed E-state index contributed by atoms with van der Waals surface area (Å²) in [5, 5.41) is 0. The fraction of sp³-hybridized carbons (Fsp3) is 0.333. The molecular formula is C9H11NaO5S. The van der Waals surface area contributed by atoms with Gasteiger partial charge in [-0.2, -0.15) is 0 Å². The molecule has 5 nitrogen and oxygen atoms in total. The van der Waals surface area contributed by atoms with Crippen LogP contribution in [0.15, 0.2) is 24.3 Å². The molecule has 0 aliphatic rings.